The molecule has 120 valence electrons. The van der Waals surface area contributed by atoms with Crippen LogP contribution in [0.1, 0.15) is 33.1 Å². The van der Waals surface area contributed by atoms with E-state index in [1.54, 1.807) is 7.11 Å². The number of para-hydroxylation sites is 2. The van der Waals surface area contributed by atoms with Crippen LogP contribution in [0.15, 0.2) is 24.3 Å². The number of hydrogen-bond acceptors (Lipinski definition) is 4. The second kappa shape index (κ2) is 8.90. The molecule has 0 aliphatic carbocycles. The normalized spacial score (nSPS) is 13.8. The van der Waals surface area contributed by atoms with E-state index in [0.29, 0.717) is 0 Å². The molecule has 0 heterocycles. The molecule has 4 nitrogen and oxygen atoms in total. The zero-order valence-electron chi connectivity index (χ0n) is 13.9. The fourth-order valence-electron chi connectivity index (χ4n) is 2.58. The molecule has 0 radical (unpaired) electrons. The molecule has 0 aromatic heterocycles. The van der Waals surface area contributed by atoms with Crippen molar-refractivity contribution in [3.05, 3.63) is 24.3 Å². The maximum atomic E-state index is 9.48. The third kappa shape index (κ3) is 5.56. The number of ether oxygens (including phenoxy) is 1. The van der Waals surface area contributed by atoms with Gasteiger partial charge >= 0.3 is 0 Å². The van der Waals surface area contributed by atoms with Crippen LogP contribution >= 0.6 is 0 Å². The minimum absolute atomic E-state index is 0.155. The number of rotatable bonds is 10. The Labute approximate surface area is 129 Å². The Morgan fingerprint density at radius 1 is 1.29 bits per heavy atom. The molecule has 1 atom stereocenters. The Morgan fingerprint density at radius 2 is 2.00 bits per heavy atom. The summed E-state index contributed by atoms with van der Waals surface area (Å²) < 4.78 is 5.39. The third-order valence-electron chi connectivity index (χ3n) is 3.92. The van der Waals surface area contributed by atoms with Crippen molar-refractivity contribution >= 4 is 5.69 Å². The molecule has 1 aromatic rings. The maximum absolute atomic E-state index is 9.48. The zero-order valence-corrected chi connectivity index (χ0v) is 13.9. The molecule has 0 saturated carbocycles. The van der Waals surface area contributed by atoms with Gasteiger partial charge in [0.05, 0.1) is 19.4 Å². The van der Waals surface area contributed by atoms with Gasteiger partial charge in [-0.15, -0.1) is 0 Å². The van der Waals surface area contributed by atoms with Gasteiger partial charge in [0, 0.05) is 19.1 Å². The predicted molar refractivity (Wildman–Crippen MR) is 89.3 cm³/mol. The van der Waals surface area contributed by atoms with Gasteiger partial charge in [0.15, 0.2) is 0 Å². The highest BCUT2D eigenvalue weighted by atomic mass is 16.5. The predicted octanol–water partition coefficient (Wildman–Crippen LogP) is 2.66. The Balaban J connectivity index is 2.41. The van der Waals surface area contributed by atoms with Crippen molar-refractivity contribution in [2.24, 2.45) is 0 Å². The molecule has 0 aliphatic rings. The van der Waals surface area contributed by atoms with Gasteiger partial charge in [-0.3, -0.25) is 0 Å². The number of benzene rings is 1. The summed E-state index contributed by atoms with van der Waals surface area (Å²) in [6.45, 7) is 6.21. The van der Waals surface area contributed by atoms with E-state index in [1.165, 1.54) is 0 Å². The molecule has 2 N–H and O–H groups in total. The van der Waals surface area contributed by atoms with E-state index in [1.807, 2.05) is 18.2 Å². The van der Waals surface area contributed by atoms with E-state index in [-0.39, 0.29) is 12.1 Å². The Kier molecular flexibility index (Phi) is 7.54. The van der Waals surface area contributed by atoms with Crippen LogP contribution < -0.4 is 15.0 Å². The molecule has 0 amide bonds. The highest BCUT2D eigenvalue weighted by Gasteiger charge is 2.20. The maximum Gasteiger partial charge on any atom is 0.142 e. The van der Waals surface area contributed by atoms with Gasteiger partial charge in [-0.1, -0.05) is 19.1 Å². The highest BCUT2D eigenvalue weighted by molar-refractivity contribution is 5.57. The monoisotopic (exact) mass is 294 g/mol. The van der Waals surface area contributed by atoms with Crippen LogP contribution in [0.2, 0.25) is 0 Å². The lowest BCUT2D eigenvalue weighted by Gasteiger charge is -2.29. The van der Waals surface area contributed by atoms with Crippen molar-refractivity contribution in [1.82, 2.24) is 5.32 Å². The average Bonchev–Trinajstić information content (AvgIpc) is 2.51. The molecule has 0 spiro atoms. The van der Waals surface area contributed by atoms with Crippen molar-refractivity contribution in [2.45, 2.75) is 38.6 Å². The summed E-state index contributed by atoms with van der Waals surface area (Å²) >= 11 is 0. The van der Waals surface area contributed by atoms with E-state index >= 15 is 0 Å². The van der Waals surface area contributed by atoms with Gasteiger partial charge in [0.1, 0.15) is 5.75 Å². The number of aliphatic hydroxyl groups is 1. The molecule has 0 aliphatic heterocycles. The molecule has 1 rings (SSSR count). The van der Waals surface area contributed by atoms with Gasteiger partial charge in [-0.2, -0.15) is 0 Å². The number of unbranched alkanes of at least 4 members (excludes halogenated alkanes) is 1. The lowest BCUT2D eigenvalue weighted by atomic mass is 9.95. The first-order valence-electron chi connectivity index (χ1n) is 7.76. The highest BCUT2D eigenvalue weighted by Crippen LogP contribution is 2.26. The Hall–Kier alpha value is -1.26. The lowest BCUT2D eigenvalue weighted by molar-refractivity contribution is 0.165. The number of nitrogens with one attached hydrogen (secondary N) is 1. The summed E-state index contributed by atoms with van der Waals surface area (Å²) in [6.07, 6.45) is 3.16. The largest absolute Gasteiger partial charge is 0.495 e. The number of nitrogens with zero attached hydrogens (tertiary/aromatic N) is 1. The molecular weight excluding hydrogens is 264 g/mol. The molecule has 0 bridgehead atoms. The van der Waals surface area contributed by atoms with Crippen LogP contribution in [0.3, 0.4) is 0 Å². The smallest absolute Gasteiger partial charge is 0.142 e. The first-order valence-corrected chi connectivity index (χ1v) is 7.76. The summed E-state index contributed by atoms with van der Waals surface area (Å²) in [5.41, 5.74) is 0.967. The quantitative estimate of drug-likeness (QED) is 0.651. The molecule has 1 aromatic carbocycles. The molecule has 4 heteroatoms. The summed E-state index contributed by atoms with van der Waals surface area (Å²) in [6, 6.07) is 8.08. The van der Waals surface area contributed by atoms with Crippen LogP contribution in [-0.4, -0.2) is 44.5 Å². The van der Waals surface area contributed by atoms with Crippen molar-refractivity contribution < 1.29 is 9.84 Å². The van der Waals surface area contributed by atoms with Gasteiger partial charge < -0.3 is 20.1 Å². The van der Waals surface area contributed by atoms with E-state index < -0.39 is 0 Å². The standard InChI is InChI=1S/C17H30N2O2/c1-5-18-17(2,14-20)12-8-9-13-19(3)15-10-6-7-11-16(15)21-4/h6-7,10-11,18,20H,5,8-9,12-14H2,1-4H3. The molecule has 1 unspecified atom stereocenters. The first-order chi connectivity index (χ1) is 10.1. The minimum atomic E-state index is -0.155. The molecule has 0 fully saturated rings. The van der Waals surface area contributed by atoms with E-state index in [2.05, 4.69) is 37.2 Å². The number of methoxy groups -OCH3 is 1. The number of aliphatic hydroxyl groups excluding tert-OH is 1. The first kappa shape index (κ1) is 17.8. The lowest BCUT2D eigenvalue weighted by Crippen LogP contribution is -2.45. The number of anilines is 1. The number of likely N-dealkylation sites (N-methyl/N-ethyl adjacent to an activating group) is 1. The van der Waals surface area contributed by atoms with Crippen LogP contribution in [0.4, 0.5) is 5.69 Å². The average molecular weight is 294 g/mol. The van der Waals surface area contributed by atoms with E-state index in [9.17, 15) is 5.11 Å². The van der Waals surface area contributed by atoms with Gasteiger partial charge in [0.2, 0.25) is 0 Å². The number of hydrogen-bond donors (Lipinski definition) is 2. The van der Waals surface area contributed by atoms with Crippen LogP contribution in [-0.2, 0) is 0 Å². The minimum Gasteiger partial charge on any atom is -0.495 e. The van der Waals surface area contributed by atoms with Gasteiger partial charge in [-0.05, 0) is 44.9 Å². The molecule has 21 heavy (non-hydrogen) atoms. The topological polar surface area (TPSA) is 44.7 Å². The summed E-state index contributed by atoms with van der Waals surface area (Å²) in [7, 11) is 3.79. The van der Waals surface area contributed by atoms with E-state index in [0.717, 1.165) is 43.8 Å². The SMILES string of the molecule is CCNC(C)(CO)CCCCN(C)c1ccccc1OC. The van der Waals surface area contributed by atoms with Crippen LogP contribution in [0.25, 0.3) is 0 Å². The fraction of sp³-hybridized carbons (Fsp3) is 0.647. The van der Waals surface area contributed by atoms with Gasteiger partial charge in [0.25, 0.3) is 0 Å². The fourth-order valence-corrected chi connectivity index (χ4v) is 2.58. The summed E-state index contributed by atoms with van der Waals surface area (Å²) in [5.74, 6) is 0.910. The Morgan fingerprint density at radius 3 is 2.62 bits per heavy atom. The zero-order chi connectivity index (χ0) is 15.7. The second-order valence-electron chi connectivity index (χ2n) is 5.80. The van der Waals surface area contributed by atoms with Crippen LogP contribution in [0, 0.1) is 0 Å². The van der Waals surface area contributed by atoms with Crippen molar-refractivity contribution in [2.75, 3.05) is 38.8 Å². The third-order valence-corrected chi connectivity index (χ3v) is 3.92. The molecule has 0 saturated heterocycles. The Bertz CT molecular complexity index is 412. The van der Waals surface area contributed by atoms with Crippen molar-refractivity contribution in [3.63, 3.8) is 0 Å². The molecular formula is C17H30N2O2. The van der Waals surface area contributed by atoms with E-state index in [4.69, 9.17) is 4.74 Å². The van der Waals surface area contributed by atoms with Crippen molar-refractivity contribution in [1.29, 1.82) is 0 Å². The second-order valence-corrected chi connectivity index (χ2v) is 5.80. The summed E-state index contributed by atoms with van der Waals surface area (Å²) in [4.78, 5) is 2.22. The van der Waals surface area contributed by atoms with Gasteiger partial charge in [-0.25, -0.2) is 0 Å². The van der Waals surface area contributed by atoms with Crippen molar-refractivity contribution in [3.8, 4) is 5.75 Å². The summed E-state index contributed by atoms with van der Waals surface area (Å²) in [5, 5.41) is 12.8. The van der Waals surface area contributed by atoms with Crippen LogP contribution in [0.5, 0.6) is 5.75 Å².